The van der Waals surface area contributed by atoms with Crippen molar-refractivity contribution in [3.8, 4) is 34.2 Å². The second-order valence-corrected chi connectivity index (χ2v) is 11.8. The summed E-state index contributed by atoms with van der Waals surface area (Å²) in [6.45, 7) is -0.0631. The lowest BCUT2D eigenvalue weighted by atomic mass is 9.99. The van der Waals surface area contributed by atoms with Gasteiger partial charge in [-0.25, -0.2) is 9.07 Å². The van der Waals surface area contributed by atoms with Crippen LogP contribution in [0.3, 0.4) is 0 Å². The summed E-state index contributed by atoms with van der Waals surface area (Å²) in [6, 6.07) is 28.8. The molecule has 47 heavy (non-hydrogen) atoms. The van der Waals surface area contributed by atoms with Gasteiger partial charge in [0.05, 0.1) is 43.7 Å². The summed E-state index contributed by atoms with van der Waals surface area (Å²) in [7, 11) is 4.76. The molecule has 1 aromatic heterocycles. The SMILES string of the molecule is COc1ccc(-n2nc(-c3ccccc3)c3c2N(CC(=O)NCc2ccc(F)cc2)C(=O)CS[C@H]3c2ccc(OC)c(OC)c2)cc1. The molecule has 2 heterocycles. The lowest BCUT2D eigenvalue weighted by Gasteiger charge is -2.23. The van der Waals surface area contributed by atoms with E-state index in [1.807, 2.05) is 72.8 Å². The van der Waals surface area contributed by atoms with Crippen LogP contribution < -0.4 is 24.4 Å². The molecular weight excluding hydrogens is 619 g/mol. The number of methoxy groups -OCH3 is 3. The van der Waals surface area contributed by atoms with Crippen LogP contribution in [0.2, 0.25) is 0 Å². The molecule has 1 N–H and O–H groups in total. The number of fused-ring (bicyclic) bond motifs is 1. The topological polar surface area (TPSA) is 94.9 Å². The number of hydrogen-bond donors (Lipinski definition) is 1. The highest BCUT2D eigenvalue weighted by Crippen LogP contribution is 2.49. The van der Waals surface area contributed by atoms with Crippen molar-refractivity contribution in [1.29, 1.82) is 0 Å². The Bertz CT molecular complexity index is 1880. The molecule has 0 radical (unpaired) electrons. The van der Waals surface area contributed by atoms with Gasteiger partial charge in [-0.05, 0) is 59.7 Å². The quantitative estimate of drug-likeness (QED) is 0.192. The van der Waals surface area contributed by atoms with E-state index in [1.54, 1.807) is 38.1 Å². The molecule has 1 atom stereocenters. The molecule has 1 aliphatic rings. The van der Waals surface area contributed by atoms with Crippen molar-refractivity contribution in [3.05, 3.63) is 120 Å². The number of amides is 2. The molecular formula is C36H33FN4O5S. The summed E-state index contributed by atoms with van der Waals surface area (Å²) in [5, 5.41) is 7.64. The number of carbonyl (C=O) groups excluding carboxylic acids is 2. The van der Waals surface area contributed by atoms with E-state index < -0.39 is 0 Å². The molecule has 0 aliphatic carbocycles. The lowest BCUT2D eigenvalue weighted by molar-refractivity contribution is -0.123. The van der Waals surface area contributed by atoms with Crippen LogP contribution in [0.15, 0.2) is 97.1 Å². The number of carbonyl (C=O) groups is 2. The van der Waals surface area contributed by atoms with Crippen molar-refractivity contribution < 1.29 is 28.2 Å². The van der Waals surface area contributed by atoms with Crippen molar-refractivity contribution in [2.24, 2.45) is 0 Å². The molecule has 4 aromatic carbocycles. The van der Waals surface area contributed by atoms with E-state index in [0.29, 0.717) is 34.4 Å². The van der Waals surface area contributed by atoms with Crippen LogP contribution in [-0.4, -0.2) is 55.2 Å². The molecule has 240 valence electrons. The number of aromatic nitrogens is 2. The molecule has 0 saturated heterocycles. The Morgan fingerprint density at radius 2 is 1.64 bits per heavy atom. The molecule has 0 spiro atoms. The molecule has 2 amide bonds. The number of halogens is 1. The fraction of sp³-hybridized carbons (Fsp3) is 0.194. The van der Waals surface area contributed by atoms with Crippen LogP contribution in [0.4, 0.5) is 10.2 Å². The van der Waals surface area contributed by atoms with Gasteiger partial charge >= 0.3 is 0 Å². The van der Waals surface area contributed by atoms with E-state index in [9.17, 15) is 14.0 Å². The number of anilines is 1. The molecule has 5 aromatic rings. The van der Waals surface area contributed by atoms with E-state index in [1.165, 1.54) is 28.8 Å². The number of rotatable bonds is 10. The number of thioether (sulfide) groups is 1. The number of benzene rings is 4. The second-order valence-electron chi connectivity index (χ2n) is 10.8. The molecule has 0 saturated carbocycles. The van der Waals surface area contributed by atoms with Gasteiger partial charge in [-0.1, -0.05) is 48.5 Å². The number of nitrogens with one attached hydrogen (secondary N) is 1. The molecule has 9 nitrogen and oxygen atoms in total. The smallest absolute Gasteiger partial charge is 0.240 e. The zero-order chi connectivity index (χ0) is 32.9. The molecule has 1 aliphatic heterocycles. The van der Waals surface area contributed by atoms with Gasteiger partial charge in [0.1, 0.15) is 23.9 Å². The standard InChI is InChI=1S/C36H33FN4O5S/c1-44-28-16-14-27(15-17-28)41-36-33(34(39-41)24-7-5-4-6-8-24)35(25-11-18-29(45-2)30(19-25)46-3)47-22-32(43)40(36)21-31(42)38-20-23-9-12-26(37)13-10-23/h4-19,35H,20-22H2,1-3H3,(H,38,42)/t35-/m0/s1. The molecule has 0 unspecified atom stereocenters. The van der Waals surface area contributed by atoms with Gasteiger partial charge in [-0.15, -0.1) is 11.8 Å². The second kappa shape index (κ2) is 14.0. The third-order valence-electron chi connectivity index (χ3n) is 7.87. The Labute approximate surface area is 276 Å². The molecule has 0 bridgehead atoms. The minimum absolute atomic E-state index is 0.107. The first-order chi connectivity index (χ1) is 22.9. The van der Waals surface area contributed by atoms with Crippen LogP contribution in [0.1, 0.15) is 21.9 Å². The van der Waals surface area contributed by atoms with E-state index in [0.717, 1.165) is 22.3 Å². The van der Waals surface area contributed by atoms with Gasteiger partial charge in [0.25, 0.3) is 0 Å². The summed E-state index contributed by atoms with van der Waals surface area (Å²) < 4.78 is 31.7. The van der Waals surface area contributed by atoms with Crippen LogP contribution in [-0.2, 0) is 16.1 Å². The van der Waals surface area contributed by atoms with Gasteiger partial charge in [0, 0.05) is 17.7 Å². The van der Waals surface area contributed by atoms with Crippen molar-refractivity contribution in [1.82, 2.24) is 15.1 Å². The third kappa shape index (κ3) is 6.66. The zero-order valence-electron chi connectivity index (χ0n) is 26.1. The average molecular weight is 653 g/mol. The first-order valence-electron chi connectivity index (χ1n) is 14.9. The Hall–Kier alpha value is -5.29. The molecule has 0 fully saturated rings. The van der Waals surface area contributed by atoms with E-state index in [2.05, 4.69) is 5.32 Å². The van der Waals surface area contributed by atoms with Crippen molar-refractivity contribution in [3.63, 3.8) is 0 Å². The van der Waals surface area contributed by atoms with Crippen LogP contribution >= 0.6 is 11.8 Å². The van der Waals surface area contributed by atoms with Crippen molar-refractivity contribution >= 4 is 29.4 Å². The molecule has 11 heteroatoms. The lowest BCUT2D eigenvalue weighted by Crippen LogP contribution is -2.42. The summed E-state index contributed by atoms with van der Waals surface area (Å²) >= 11 is 1.46. The summed E-state index contributed by atoms with van der Waals surface area (Å²) in [5.41, 5.74) is 4.62. The third-order valence-corrected chi connectivity index (χ3v) is 9.12. The molecule has 6 rings (SSSR count). The van der Waals surface area contributed by atoms with E-state index in [-0.39, 0.29) is 41.7 Å². The van der Waals surface area contributed by atoms with E-state index in [4.69, 9.17) is 19.3 Å². The fourth-order valence-corrected chi connectivity index (χ4v) is 6.70. The van der Waals surface area contributed by atoms with Gasteiger partial charge < -0.3 is 19.5 Å². The maximum absolute atomic E-state index is 14.0. The van der Waals surface area contributed by atoms with Crippen molar-refractivity contribution in [2.45, 2.75) is 11.8 Å². The summed E-state index contributed by atoms with van der Waals surface area (Å²) in [6.07, 6.45) is 0. The maximum atomic E-state index is 14.0. The highest BCUT2D eigenvalue weighted by molar-refractivity contribution is 8.00. The maximum Gasteiger partial charge on any atom is 0.240 e. The first kappa shape index (κ1) is 31.7. The van der Waals surface area contributed by atoms with Crippen LogP contribution in [0, 0.1) is 5.82 Å². The monoisotopic (exact) mass is 652 g/mol. The van der Waals surface area contributed by atoms with Gasteiger partial charge in [-0.2, -0.15) is 5.10 Å². The van der Waals surface area contributed by atoms with Gasteiger partial charge in [0.2, 0.25) is 11.8 Å². The highest BCUT2D eigenvalue weighted by atomic mass is 32.2. The largest absolute Gasteiger partial charge is 0.497 e. The Kier molecular flexibility index (Phi) is 9.44. The number of hydrogen-bond acceptors (Lipinski definition) is 7. The first-order valence-corrected chi connectivity index (χ1v) is 15.9. The average Bonchev–Trinajstić information content (AvgIpc) is 3.44. The van der Waals surface area contributed by atoms with Crippen molar-refractivity contribution in [2.75, 3.05) is 38.5 Å². The Morgan fingerprint density at radius 1 is 0.915 bits per heavy atom. The zero-order valence-corrected chi connectivity index (χ0v) is 26.9. The Balaban J connectivity index is 1.51. The van der Waals surface area contributed by atoms with E-state index >= 15 is 0 Å². The van der Waals surface area contributed by atoms with Gasteiger partial charge in [0.15, 0.2) is 11.5 Å². The minimum Gasteiger partial charge on any atom is -0.497 e. The predicted molar refractivity (Wildman–Crippen MR) is 180 cm³/mol. The summed E-state index contributed by atoms with van der Waals surface area (Å²) in [5.74, 6) is 1.44. The Morgan fingerprint density at radius 3 is 2.32 bits per heavy atom. The number of nitrogens with zero attached hydrogens (tertiary/aromatic N) is 3. The predicted octanol–water partition coefficient (Wildman–Crippen LogP) is 6.19. The highest BCUT2D eigenvalue weighted by Gasteiger charge is 2.38. The fourth-order valence-electron chi connectivity index (χ4n) is 5.51. The minimum atomic E-state index is -0.369. The normalized spacial score (nSPS) is 14.3. The summed E-state index contributed by atoms with van der Waals surface area (Å²) in [4.78, 5) is 29.0. The van der Waals surface area contributed by atoms with Crippen LogP contribution in [0.25, 0.3) is 16.9 Å². The number of ether oxygens (including phenoxy) is 3. The van der Waals surface area contributed by atoms with Crippen LogP contribution in [0.5, 0.6) is 17.2 Å². The van der Waals surface area contributed by atoms with Gasteiger partial charge in [-0.3, -0.25) is 14.5 Å².